The maximum atomic E-state index is 13.1. The number of phenolic OH excluding ortho intramolecular Hbond substituents is 2. The average molecular weight is 606 g/mol. The SMILES string of the molecule is CC(=O)NCCCOC1C=CC[C@@H](C)OC(=O)c2c(O)cc(O)c(Cl)c2/C=C(\NOCC(=O)N2CCCCC2)C=CC1. The number of hydrogen-bond donors (Lipinski definition) is 4. The topological polar surface area (TPSA) is 147 Å². The van der Waals surface area contributed by atoms with Crippen LogP contribution in [0.4, 0.5) is 0 Å². The molecule has 0 saturated carbocycles. The maximum absolute atomic E-state index is 13.1. The first-order valence-corrected chi connectivity index (χ1v) is 14.6. The number of nitrogens with one attached hydrogen (secondary N) is 2. The Balaban J connectivity index is 1.86. The molecule has 230 valence electrons. The number of amides is 2. The van der Waals surface area contributed by atoms with Crippen molar-refractivity contribution in [2.75, 3.05) is 32.8 Å². The first-order valence-electron chi connectivity index (χ1n) is 14.2. The summed E-state index contributed by atoms with van der Waals surface area (Å²) in [5.41, 5.74) is 2.83. The van der Waals surface area contributed by atoms with Crippen molar-refractivity contribution >= 4 is 35.5 Å². The number of cyclic esters (lactones) is 1. The van der Waals surface area contributed by atoms with E-state index in [1.807, 2.05) is 18.2 Å². The highest BCUT2D eigenvalue weighted by Crippen LogP contribution is 2.38. The molecule has 3 rings (SSSR count). The van der Waals surface area contributed by atoms with Crippen LogP contribution in [0.3, 0.4) is 0 Å². The third-order valence-corrected chi connectivity index (χ3v) is 7.08. The van der Waals surface area contributed by atoms with Gasteiger partial charge in [-0.1, -0.05) is 29.8 Å². The van der Waals surface area contributed by atoms with Crippen LogP contribution in [0, 0.1) is 0 Å². The summed E-state index contributed by atoms with van der Waals surface area (Å²) in [4.78, 5) is 44.1. The average Bonchev–Trinajstić information content (AvgIpc) is 2.94. The lowest BCUT2D eigenvalue weighted by atomic mass is 10.0. The van der Waals surface area contributed by atoms with E-state index in [4.69, 9.17) is 25.9 Å². The summed E-state index contributed by atoms with van der Waals surface area (Å²) in [5, 5.41) is 23.4. The molecule has 1 fully saturated rings. The highest BCUT2D eigenvalue weighted by atomic mass is 35.5. The second-order valence-corrected chi connectivity index (χ2v) is 10.6. The number of ether oxygens (including phenoxy) is 2. The van der Waals surface area contributed by atoms with Gasteiger partial charge in [0.2, 0.25) is 5.91 Å². The molecule has 2 aliphatic rings. The molecule has 1 aromatic carbocycles. The van der Waals surface area contributed by atoms with E-state index in [9.17, 15) is 24.6 Å². The van der Waals surface area contributed by atoms with Gasteiger partial charge in [0.05, 0.1) is 16.8 Å². The molecular weight excluding hydrogens is 566 g/mol. The molecular formula is C30H40ClN3O8. The van der Waals surface area contributed by atoms with Crippen molar-refractivity contribution in [2.24, 2.45) is 0 Å². The molecule has 2 atom stereocenters. The number of aromatic hydroxyl groups is 2. The molecule has 0 aromatic heterocycles. The number of rotatable bonds is 9. The smallest absolute Gasteiger partial charge is 0.342 e. The van der Waals surface area contributed by atoms with Gasteiger partial charge in [0.15, 0.2) is 6.61 Å². The summed E-state index contributed by atoms with van der Waals surface area (Å²) in [6.45, 7) is 5.24. The Kier molecular flexibility index (Phi) is 13.2. The number of piperidine rings is 1. The van der Waals surface area contributed by atoms with Crippen LogP contribution in [0.5, 0.6) is 11.5 Å². The summed E-state index contributed by atoms with van der Waals surface area (Å²) in [6.07, 6.45) is 12.3. The normalized spacial score (nSPS) is 21.0. The fourth-order valence-electron chi connectivity index (χ4n) is 4.50. The number of benzene rings is 1. The number of nitrogens with zero attached hydrogens (tertiary/aromatic N) is 1. The van der Waals surface area contributed by atoms with Gasteiger partial charge in [0.25, 0.3) is 5.91 Å². The third-order valence-electron chi connectivity index (χ3n) is 6.68. The summed E-state index contributed by atoms with van der Waals surface area (Å²) in [7, 11) is 0. The van der Waals surface area contributed by atoms with E-state index in [0.29, 0.717) is 51.2 Å². The van der Waals surface area contributed by atoms with Crippen molar-refractivity contribution in [3.8, 4) is 11.5 Å². The minimum Gasteiger partial charge on any atom is -0.507 e. The van der Waals surface area contributed by atoms with Crippen LogP contribution in [0.1, 0.15) is 68.3 Å². The molecule has 2 aliphatic heterocycles. The lowest BCUT2D eigenvalue weighted by molar-refractivity contribution is -0.139. The van der Waals surface area contributed by atoms with E-state index in [2.05, 4.69) is 10.8 Å². The molecule has 2 heterocycles. The predicted molar refractivity (Wildman–Crippen MR) is 158 cm³/mol. The van der Waals surface area contributed by atoms with Gasteiger partial charge in [-0.3, -0.25) is 19.9 Å². The van der Waals surface area contributed by atoms with Gasteiger partial charge in [-0.2, -0.15) is 0 Å². The van der Waals surface area contributed by atoms with E-state index >= 15 is 0 Å². The van der Waals surface area contributed by atoms with Crippen molar-refractivity contribution < 1.29 is 38.9 Å². The Bertz CT molecular complexity index is 1190. The van der Waals surface area contributed by atoms with Gasteiger partial charge in [0, 0.05) is 51.2 Å². The zero-order valence-corrected chi connectivity index (χ0v) is 24.8. The molecule has 12 heteroatoms. The number of hydrogen-bond acceptors (Lipinski definition) is 9. The van der Waals surface area contributed by atoms with Gasteiger partial charge in [0.1, 0.15) is 23.2 Å². The zero-order valence-electron chi connectivity index (χ0n) is 24.1. The predicted octanol–water partition coefficient (Wildman–Crippen LogP) is 3.99. The Morgan fingerprint density at radius 3 is 2.64 bits per heavy atom. The third kappa shape index (κ3) is 10.4. The van der Waals surface area contributed by atoms with Crippen molar-refractivity contribution in [1.29, 1.82) is 0 Å². The van der Waals surface area contributed by atoms with Gasteiger partial charge >= 0.3 is 5.97 Å². The van der Waals surface area contributed by atoms with Gasteiger partial charge in [-0.05, 0) is 51.2 Å². The number of fused-ring (bicyclic) bond motifs is 1. The zero-order chi connectivity index (χ0) is 30.5. The van der Waals surface area contributed by atoms with Gasteiger partial charge in [-0.15, -0.1) is 0 Å². The Morgan fingerprint density at radius 2 is 1.90 bits per heavy atom. The number of phenols is 2. The number of likely N-dealkylation sites (tertiary alicyclic amines) is 1. The van der Waals surface area contributed by atoms with Crippen molar-refractivity contribution in [2.45, 2.75) is 64.6 Å². The van der Waals surface area contributed by atoms with Crippen molar-refractivity contribution in [1.82, 2.24) is 15.7 Å². The molecule has 0 bridgehead atoms. The van der Waals surface area contributed by atoms with Crippen LogP contribution < -0.4 is 10.8 Å². The number of hydroxylamine groups is 1. The maximum Gasteiger partial charge on any atom is 0.342 e. The molecule has 4 N–H and O–H groups in total. The van der Waals surface area contributed by atoms with Crippen LogP contribution in [-0.4, -0.2) is 78.0 Å². The van der Waals surface area contributed by atoms with E-state index in [1.165, 1.54) is 13.0 Å². The second kappa shape index (κ2) is 16.8. The lowest BCUT2D eigenvalue weighted by Gasteiger charge is -2.26. The fourth-order valence-corrected chi connectivity index (χ4v) is 4.70. The molecule has 2 amide bonds. The van der Waals surface area contributed by atoms with E-state index in [-0.39, 0.29) is 40.7 Å². The first-order chi connectivity index (χ1) is 20.2. The number of carbonyl (C=O) groups excluding carboxylic acids is 3. The molecule has 42 heavy (non-hydrogen) atoms. The highest BCUT2D eigenvalue weighted by Gasteiger charge is 2.24. The van der Waals surface area contributed by atoms with E-state index in [0.717, 1.165) is 25.3 Å². The van der Waals surface area contributed by atoms with Crippen LogP contribution in [-0.2, 0) is 23.9 Å². The molecule has 0 aliphatic carbocycles. The van der Waals surface area contributed by atoms with Crippen molar-refractivity contribution in [3.63, 3.8) is 0 Å². The number of halogens is 1. The van der Waals surface area contributed by atoms with E-state index in [1.54, 1.807) is 17.9 Å². The minimum absolute atomic E-state index is 0.0165. The largest absolute Gasteiger partial charge is 0.507 e. The number of esters is 1. The van der Waals surface area contributed by atoms with Crippen LogP contribution in [0.15, 0.2) is 36.1 Å². The molecule has 11 nitrogen and oxygen atoms in total. The fraction of sp³-hybridized carbons (Fsp3) is 0.500. The second-order valence-electron chi connectivity index (χ2n) is 10.2. The Morgan fingerprint density at radius 1 is 1.14 bits per heavy atom. The molecule has 1 unspecified atom stereocenters. The minimum atomic E-state index is -0.825. The summed E-state index contributed by atoms with van der Waals surface area (Å²) >= 11 is 6.39. The van der Waals surface area contributed by atoms with E-state index < -0.39 is 23.6 Å². The van der Waals surface area contributed by atoms with Crippen molar-refractivity contribution in [3.05, 3.63) is 52.2 Å². The molecule has 0 spiro atoms. The summed E-state index contributed by atoms with van der Waals surface area (Å²) in [6, 6.07) is 0.981. The summed E-state index contributed by atoms with van der Waals surface area (Å²) < 4.78 is 11.6. The molecule has 1 saturated heterocycles. The van der Waals surface area contributed by atoms with Crippen LogP contribution in [0.25, 0.3) is 6.08 Å². The molecule has 1 aromatic rings. The quantitative estimate of drug-likeness (QED) is 0.142. The number of allylic oxidation sites excluding steroid dienone is 1. The monoisotopic (exact) mass is 605 g/mol. The number of carbonyl (C=O) groups is 3. The van der Waals surface area contributed by atoms with Crippen LogP contribution in [0.2, 0.25) is 5.02 Å². The van der Waals surface area contributed by atoms with Crippen LogP contribution >= 0.6 is 11.6 Å². The molecule has 0 radical (unpaired) electrons. The first kappa shape index (κ1) is 33.0. The van der Waals surface area contributed by atoms with Gasteiger partial charge in [-0.25, -0.2) is 4.79 Å². The lowest BCUT2D eigenvalue weighted by Crippen LogP contribution is -2.39. The Labute approximate surface area is 251 Å². The van der Waals surface area contributed by atoms with Gasteiger partial charge < -0.3 is 29.9 Å². The summed E-state index contributed by atoms with van der Waals surface area (Å²) in [5.74, 6) is -2.01. The highest BCUT2D eigenvalue weighted by molar-refractivity contribution is 6.34. The Hall–Kier alpha value is -3.54. The standard InChI is InChI=1S/C30H40ClN3O8/c1-20-9-6-11-23(40-16-8-13-32-21(2)35)12-7-10-22(33-41-19-27(38)34-14-4-3-5-15-34)17-24-28(30(39)42-20)25(36)18-26(37)29(24)31/h6-7,10-11,17-18,20,23,33,36-37H,3-5,8-9,12-16,19H2,1-2H3,(H,32,35)/b10-7?,11-6?,22-17-/t20-,23?/m1/s1.